The molecular formula is C5H4O3S2. The van der Waals surface area contributed by atoms with Crippen molar-refractivity contribution in [1.29, 1.82) is 0 Å². The summed E-state index contributed by atoms with van der Waals surface area (Å²) in [5.74, 6) is 0. The number of hydrogen-bond acceptors (Lipinski definition) is 5. The fraction of sp³-hybridized carbons (Fsp3) is 0.400. The lowest BCUT2D eigenvalue weighted by Crippen LogP contribution is -2.12. The summed E-state index contributed by atoms with van der Waals surface area (Å²) in [4.78, 5) is 10.7. The maximum absolute atomic E-state index is 10.7. The van der Waals surface area contributed by atoms with Crippen molar-refractivity contribution in [3.05, 3.63) is 8.85 Å². The fourth-order valence-corrected chi connectivity index (χ4v) is 2.44. The van der Waals surface area contributed by atoms with Gasteiger partial charge < -0.3 is 9.47 Å². The van der Waals surface area contributed by atoms with E-state index in [-0.39, 0.29) is 4.06 Å². The lowest BCUT2D eigenvalue weighted by Gasteiger charge is -2.11. The van der Waals surface area contributed by atoms with Crippen molar-refractivity contribution < 1.29 is 9.47 Å². The predicted molar refractivity (Wildman–Crippen MR) is 39.5 cm³/mol. The van der Waals surface area contributed by atoms with Crippen molar-refractivity contribution >= 4 is 22.7 Å². The molecule has 2 heterocycles. The fourth-order valence-electron chi connectivity index (χ4n) is 0.701. The summed E-state index contributed by atoms with van der Waals surface area (Å²) in [6.07, 6.45) is 0. The van der Waals surface area contributed by atoms with Crippen LogP contribution in [0.25, 0.3) is 0 Å². The number of hydrogen-bond donors (Lipinski definition) is 0. The molecule has 0 fully saturated rings. The monoisotopic (exact) mass is 176 g/mol. The van der Waals surface area contributed by atoms with Crippen LogP contribution < -0.4 is 13.5 Å². The molecule has 0 aromatic carbocycles. The topological polar surface area (TPSA) is 35.5 Å². The molecule has 0 saturated heterocycles. The van der Waals surface area contributed by atoms with Gasteiger partial charge in [0.2, 0.25) is 10.1 Å². The van der Waals surface area contributed by atoms with Crippen molar-refractivity contribution in [2.75, 3.05) is 13.2 Å². The van der Waals surface area contributed by atoms with Gasteiger partial charge in [0.1, 0.15) is 13.2 Å². The molecule has 0 unspecified atom stereocenters. The van der Waals surface area contributed by atoms with Crippen LogP contribution in [0.4, 0.5) is 0 Å². The van der Waals surface area contributed by atoms with Gasteiger partial charge in [-0.25, -0.2) is 0 Å². The Hall–Kier alpha value is -0.550. The Balaban J connectivity index is 2.50. The number of ether oxygens (including phenoxy) is 2. The van der Waals surface area contributed by atoms with Crippen LogP contribution in [0.2, 0.25) is 0 Å². The molecular weight excluding hydrogens is 172 g/mol. The Bertz CT molecular complexity index is 261. The van der Waals surface area contributed by atoms with Gasteiger partial charge in [-0.05, 0) is 22.7 Å². The average molecular weight is 176 g/mol. The summed E-state index contributed by atoms with van der Waals surface area (Å²) in [5.41, 5.74) is 0. The Morgan fingerprint density at radius 3 is 2.10 bits per heavy atom. The van der Waals surface area contributed by atoms with Gasteiger partial charge in [-0.15, -0.1) is 0 Å². The standard InChI is InChI=1S/C5H4O3S2/c6-5-9-3-4(10-5)8-2-1-7-3/h1-2H2. The Kier molecular flexibility index (Phi) is 1.39. The van der Waals surface area contributed by atoms with Gasteiger partial charge in [0, 0.05) is 0 Å². The molecule has 0 saturated carbocycles. The lowest BCUT2D eigenvalue weighted by atomic mass is 10.7. The average Bonchev–Trinajstić information content (AvgIpc) is 2.27. The van der Waals surface area contributed by atoms with E-state index in [2.05, 4.69) is 0 Å². The minimum absolute atomic E-state index is 0.0342. The van der Waals surface area contributed by atoms with Gasteiger partial charge in [0.05, 0.1) is 0 Å². The van der Waals surface area contributed by atoms with Crippen LogP contribution in [0.15, 0.2) is 4.79 Å². The van der Waals surface area contributed by atoms with Crippen molar-refractivity contribution in [1.82, 2.24) is 0 Å². The highest BCUT2D eigenvalue weighted by molar-refractivity contribution is 7.30. The van der Waals surface area contributed by atoms with Crippen molar-refractivity contribution in [2.24, 2.45) is 0 Å². The van der Waals surface area contributed by atoms with Crippen LogP contribution in [0, 0.1) is 0 Å². The van der Waals surface area contributed by atoms with Crippen LogP contribution in [-0.2, 0) is 0 Å². The molecule has 0 amide bonds. The summed E-state index contributed by atoms with van der Waals surface area (Å²) >= 11 is 2.21. The van der Waals surface area contributed by atoms with Gasteiger partial charge in [0.25, 0.3) is 4.06 Å². The maximum atomic E-state index is 10.7. The molecule has 2 rings (SSSR count). The molecule has 1 aromatic rings. The third-order valence-corrected chi connectivity index (χ3v) is 3.01. The van der Waals surface area contributed by atoms with Gasteiger partial charge in [-0.3, -0.25) is 4.79 Å². The second-order valence-electron chi connectivity index (χ2n) is 1.73. The molecule has 0 radical (unpaired) electrons. The van der Waals surface area contributed by atoms with Gasteiger partial charge in [-0.2, -0.15) is 0 Å². The molecule has 0 bridgehead atoms. The smallest absolute Gasteiger partial charge is 0.294 e. The highest BCUT2D eigenvalue weighted by Gasteiger charge is 2.15. The van der Waals surface area contributed by atoms with Crippen LogP contribution >= 0.6 is 22.7 Å². The second kappa shape index (κ2) is 2.25. The van der Waals surface area contributed by atoms with Crippen molar-refractivity contribution in [2.45, 2.75) is 0 Å². The highest BCUT2D eigenvalue weighted by Crippen LogP contribution is 2.36. The zero-order chi connectivity index (χ0) is 6.97. The summed E-state index contributed by atoms with van der Waals surface area (Å²) in [6.45, 7) is 1.11. The first-order chi connectivity index (χ1) is 4.86. The third kappa shape index (κ3) is 0.911. The van der Waals surface area contributed by atoms with Crippen LogP contribution in [0.5, 0.6) is 10.1 Å². The zero-order valence-corrected chi connectivity index (χ0v) is 6.59. The normalized spacial score (nSPS) is 15.2. The SMILES string of the molecule is O=c1sc2c(s1)OCCO2. The van der Waals surface area contributed by atoms with E-state index in [1.807, 2.05) is 0 Å². The Morgan fingerprint density at radius 2 is 1.60 bits per heavy atom. The van der Waals surface area contributed by atoms with E-state index in [9.17, 15) is 4.79 Å². The van der Waals surface area contributed by atoms with Gasteiger partial charge in [-0.1, -0.05) is 0 Å². The molecule has 0 N–H and O–H groups in total. The molecule has 1 aliphatic rings. The van der Waals surface area contributed by atoms with Gasteiger partial charge >= 0.3 is 0 Å². The predicted octanol–water partition coefficient (Wildman–Crippen LogP) is 0.941. The maximum Gasteiger partial charge on any atom is 0.294 e. The van der Waals surface area contributed by atoms with E-state index < -0.39 is 0 Å². The summed E-state index contributed by atoms with van der Waals surface area (Å²) in [5, 5.41) is 1.28. The molecule has 0 spiro atoms. The van der Waals surface area contributed by atoms with E-state index >= 15 is 0 Å². The van der Waals surface area contributed by atoms with E-state index in [1.54, 1.807) is 0 Å². The van der Waals surface area contributed by atoms with Crippen LogP contribution in [0.1, 0.15) is 0 Å². The lowest BCUT2D eigenvalue weighted by molar-refractivity contribution is 0.183. The molecule has 1 aliphatic heterocycles. The Labute approximate surface area is 64.8 Å². The van der Waals surface area contributed by atoms with Crippen molar-refractivity contribution in [3.63, 3.8) is 0 Å². The van der Waals surface area contributed by atoms with E-state index in [1.165, 1.54) is 0 Å². The van der Waals surface area contributed by atoms with Gasteiger partial charge in [0.15, 0.2) is 0 Å². The molecule has 10 heavy (non-hydrogen) atoms. The van der Waals surface area contributed by atoms with E-state index in [0.29, 0.717) is 23.3 Å². The molecule has 0 aliphatic carbocycles. The van der Waals surface area contributed by atoms with E-state index in [4.69, 9.17) is 9.47 Å². The second-order valence-corrected chi connectivity index (χ2v) is 3.88. The third-order valence-electron chi connectivity index (χ3n) is 1.07. The largest absolute Gasteiger partial charge is 0.477 e. The minimum Gasteiger partial charge on any atom is -0.477 e. The zero-order valence-electron chi connectivity index (χ0n) is 4.96. The van der Waals surface area contributed by atoms with Crippen LogP contribution in [0.3, 0.4) is 0 Å². The highest BCUT2D eigenvalue weighted by atomic mass is 32.2. The molecule has 5 heteroatoms. The van der Waals surface area contributed by atoms with Crippen LogP contribution in [-0.4, -0.2) is 13.2 Å². The quantitative estimate of drug-likeness (QED) is 0.590. The summed E-state index contributed by atoms with van der Waals surface area (Å²) in [7, 11) is 0. The first-order valence-electron chi connectivity index (χ1n) is 2.76. The number of fused-ring (bicyclic) bond motifs is 1. The molecule has 54 valence electrons. The molecule has 0 atom stereocenters. The first-order valence-corrected chi connectivity index (χ1v) is 4.39. The molecule has 3 nitrogen and oxygen atoms in total. The van der Waals surface area contributed by atoms with E-state index in [0.717, 1.165) is 22.7 Å². The Morgan fingerprint density at radius 1 is 1.10 bits per heavy atom. The molecule has 1 aromatic heterocycles. The first kappa shape index (κ1) is 6.18. The summed E-state index contributed by atoms with van der Waals surface area (Å²) in [6, 6.07) is 0. The summed E-state index contributed by atoms with van der Waals surface area (Å²) < 4.78 is 10.3. The van der Waals surface area contributed by atoms with Crippen molar-refractivity contribution in [3.8, 4) is 10.1 Å². The number of rotatable bonds is 0. The minimum atomic E-state index is 0.0342.